The summed E-state index contributed by atoms with van der Waals surface area (Å²) < 4.78 is 90.1. The van der Waals surface area contributed by atoms with Gasteiger partial charge in [0.25, 0.3) is 5.91 Å². The Hall–Kier alpha value is -2.93. The Kier molecular flexibility index (Phi) is 5.60. The Labute approximate surface area is 164 Å². The van der Waals surface area contributed by atoms with Crippen LogP contribution in [0.3, 0.4) is 0 Å². The van der Waals surface area contributed by atoms with Crippen LogP contribution in [0.1, 0.15) is 21.7 Å². The van der Waals surface area contributed by atoms with Gasteiger partial charge in [0.2, 0.25) is 0 Å². The fraction of sp³-hybridized carbons (Fsp3) is 0.353. The molecule has 0 saturated heterocycles. The predicted octanol–water partition coefficient (Wildman–Crippen LogP) is 3.27. The quantitative estimate of drug-likeness (QED) is 0.491. The van der Waals surface area contributed by atoms with Crippen LogP contribution in [0.4, 0.5) is 26.3 Å². The molecule has 0 radical (unpaired) electrons. The van der Waals surface area contributed by atoms with E-state index < -0.39 is 46.8 Å². The van der Waals surface area contributed by atoms with Gasteiger partial charge in [-0.15, -0.1) is 0 Å². The molecule has 3 heterocycles. The van der Waals surface area contributed by atoms with Gasteiger partial charge < -0.3 is 14.8 Å². The molecule has 13 heteroatoms. The highest BCUT2D eigenvalue weighted by Crippen LogP contribution is 2.38. The minimum Gasteiger partial charge on any atom is -0.354 e. The molecule has 0 saturated carbocycles. The van der Waals surface area contributed by atoms with E-state index in [1.807, 2.05) is 0 Å². The van der Waals surface area contributed by atoms with Crippen LogP contribution < -0.4 is 5.32 Å². The number of rotatable bonds is 5. The molecule has 3 aromatic rings. The molecule has 0 aromatic carbocycles. The molecule has 3 aromatic heterocycles. The molecule has 162 valence electrons. The van der Waals surface area contributed by atoms with Gasteiger partial charge in [-0.2, -0.15) is 26.3 Å². The van der Waals surface area contributed by atoms with Gasteiger partial charge in [-0.3, -0.25) is 9.20 Å². The number of fused-ring (bicyclic) bond motifs is 3. The molecule has 7 nitrogen and oxygen atoms in total. The molecule has 1 amide bonds. The highest BCUT2D eigenvalue weighted by Gasteiger charge is 2.39. The molecule has 0 aliphatic rings. The van der Waals surface area contributed by atoms with E-state index in [2.05, 4.69) is 15.3 Å². The van der Waals surface area contributed by atoms with Crippen molar-refractivity contribution in [2.45, 2.75) is 18.6 Å². The van der Waals surface area contributed by atoms with Crippen LogP contribution >= 0.6 is 0 Å². The molecule has 1 N–H and O–H groups in total. The summed E-state index contributed by atoms with van der Waals surface area (Å²) in [7, 11) is 2.69. The largest absolute Gasteiger partial charge is 0.433 e. The second-order valence-electron chi connectivity index (χ2n) is 6.09. The summed E-state index contributed by atoms with van der Waals surface area (Å²) in [5.41, 5.74) is -4.13. The van der Waals surface area contributed by atoms with Crippen molar-refractivity contribution in [2.24, 2.45) is 0 Å². The third-order valence-electron chi connectivity index (χ3n) is 4.18. The molecular formula is C17H14F6N4O3. The van der Waals surface area contributed by atoms with Crippen LogP contribution in [0.25, 0.3) is 16.7 Å². The lowest BCUT2D eigenvalue weighted by molar-refractivity contribution is -0.144. The standard InChI is InChI=1S/C17H14F6N4O3/c1-29-13(30-2)6-24-15(28)10-7-27-12(25-10)4-3-8-9(16(18,19)20)5-11(17(21,22)23)26-14(8)27/h3-5,7,13H,6H2,1-2H3,(H,24,28). The first-order valence-corrected chi connectivity index (χ1v) is 8.26. The highest BCUT2D eigenvalue weighted by atomic mass is 19.4. The van der Waals surface area contributed by atoms with Crippen LogP contribution in [-0.2, 0) is 21.8 Å². The summed E-state index contributed by atoms with van der Waals surface area (Å²) in [6, 6.07) is 2.06. The van der Waals surface area contributed by atoms with E-state index in [0.29, 0.717) is 0 Å². The number of hydrogen-bond donors (Lipinski definition) is 1. The van der Waals surface area contributed by atoms with Crippen LogP contribution in [0.5, 0.6) is 0 Å². The van der Waals surface area contributed by atoms with Crippen LogP contribution in [0.2, 0.25) is 0 Å². The summed E-state index contributed by atoms with van der Waals surface area (Å²) in [5.74, 6) is -0.728. The lowest BCUT2D eigenvalue weighted by Crippen LogP contribution is -2.34. The van der Waals surface area contributed by atoms with Gasteiger partial charge in [-0.1, -0.05) is 0 Å². The smallest absolute Gasteiger partial charge is 0.354 e. The number of nitrogens with zero attached hydrogens (tertiary/aromatic N) is 3. The zero-order valence-electron chi connectivity index (χ0n) is 15.4. The maximum absolute atomic E-state index is 13.4. The number of alkyl halides is 6. The Morgan fingerprint density at radius 1 is 1.10 bits per heavy atom. The van der Waals surface area contributed by atoms with Gasteiger partial charge in [0.15, 0.2) is 6.29 Å². The van der Waals surface area contributed by atoms with Crippen LogP contribution in [0, 0.1) is 0 Å². The zero-order chi connectivity index (χ0) is 22.3. The van der Waals surface area contributed by atoms with E-state index in [1.54, 1.807) is 0 Å². The third-order valence-corrected chi connectivity index (χ3v) is 4.18. The van der Waals surface area contributed by atoms with E-state index in [4.69, 9.17) is 9.47 Å². The molecule has 0 unspecified atom stereocenters. The first kappa shape index (κ1) is 21.8. The van der Waals surface area contributed by atoms with Gasteiger partial charge >= 0.3 is 12.4 Å². The number of carbonyl (C=O) groups is 1. The van der Waals surface area contributed by atoms with Gasteiger partial charge in [0, 0.05) is 25.8 Å². The van der Waals surface area contributed by atoms with Crippen molar-refractivity contribution in [1.82, 2.24) is 19.7 Å². The third kappa shape index (κ3) is 4.16. The Morgan fingerprint density at radius 2 is 1.77 bits per heavy atom. The van der Waals surface area contributed by atoms with E-state index in [1.165, 1.54) is 14.2 Å². The Morgan fingerprint density at radius 3 is 2.33 bits per heavy atom. The van der Waals surface area contributed by atoms with Gasteiger partial charge in [0.1, 0.15) is 22.7 Å². The van der Waals surface area contributed by atoms with E-state index in [0.717, 1.165) is 22.7 Å². The SMILES string of the molecule is COC(CNC(=O)c1cn2c(ccc3c(C(F)(F)F)cc(C(F)(F)F)nc32)n1)OC. The maximum Gasteiger partial charge on any atom is 0.433 e. The minimum atomic E-state index is -5.10. The van der Waals surface area contributed by atoms with Crippen molar-refractivity contribution in [2.75, 3.05) is 20.8 Å². The normalized spacial score (nSPS) is 12.8. The number of nitrogens with one attached hydrogen (secondary N) is 1. The Balaban J connectivity index is 2.13. The molecule has 0 spiro atoms. The number of methoxy groups -OCH3 is 2. The molecule has 30 heavy (non-hydrogen) atoms. The topological polar surface area (TPSA) is 77.8 Å². The number of carbonyl (C=O) groups excluding carboxylic acids is 1. The van der Waals surface area contributed by atoms with Crippen molar-refractivity contribution in [3.8, 4) is 0 Å². The Bertz CT molecular complexity index is 1090. The van der Waals surface area contributed by atoms with Crippen molar-refractivity contribution in [3.63, 3.8) is 0 Å². The molecule has 0 bridgehead atoms. The first-order chi connectivity index (χ1) is 14.0. The molecule has 0 aliphatic carbocycles. The minimum absolute atomic E-state index is 0.0473. The number of halogens is 6. The summed E-state index contributed by atoms with van der Waals surface area (Å²) in [4.78, 5) is 19.6. The molecule has 0 fully saturated rings. The van der Waals surface area contributed by atoms with Crippen molar-refractivity contribution in [1.29, 1.82) is 0 Å². The molecule has 0 aliphatic heterocycles. The second kappa shape index (κ2) is 7.72. The second-order valence-corrected chi connectivity index (χ2v) is 6.09. The number of aromatic nitrogens is 3. The van der Waals surface area contributed by atoms with E-state index in [-0.39, 0.29) is 24.0 Å². The summed E-state index contributed by atoms with van der Waals surface area (Å²) in [6.45, 7) is -0.0604. The summed E-state index contributed by atoms with van der Waals surface area (Å²) in [6.07, 6.45) is -9.90. The number of pyridine rings is 2. The van der Waals surface area contributed by atoms with E-state index in [9.17, 15) is 31.1 Å². The predicted molar refractivity (Wildman–Crippen MR) is 90.6 cm³/mol. The van der Waals surface area contributed by atoms with Crippen molar-refractivity contribution in [3.05, 3.63) is 41.3 Å². The van der Waals surface area contributed by atoms with Gasteiger partial charge in [0.05, 0.1) is 12.1 Å². The molecule has 0 atom stereocenters. The number of hydrogen-bond acceptors (Lipinski definition) is 5. The lowest BCUT2D eigenvalue weighted by Gasteiger charge is -2.14. The highest BCUT2D eigenvalue weighted by molar-refractivity contribution is 5.93. The van der Waals surface area contributed by atoms with Gasteiger partial charge in [-0.05, 0) is 18.2 Å². The first-order valence-electron chi connectivity index (χ1n) is 8.26. The molecule has 3 rings (SSSR count). The lowest BCUT2D eigenvalue weighted by atomic mass is 10.1. The van der Waals surface area contributed by atoms with Gasteiger partial charge in [-0.25, -0.2) is 9.97 Å². The van der Waals surface area contributed by atoms with E-state index >= 15 is 0 Å². The molecular weight excluding hydrogens is 422 g/mol. The average molecular weight is 436 g/mol. The van der Waals surface area contributed by atoms with Crippen molar-refractivity contribution < 1.29 is 40.6 Å². The maximum atomic E-state index is 13.4. The number of amides is 1. The average Bonchev–Trinajstić information content (AvgIpc) is 3.11. The van der Waals surface area contributed by atoms with Crippen LogP contribution in [0.15, 0.2) is 24.4 Å². The zero-order valence-corrected chi connectivity index (χ0v) is 15.4. The fourth-order valence-corrected chi connectivity index (χ4v) is 2.75. The summed E-state index contributed by atoms with van der Waals surface area (Å²) in [5, 5.41) is 1.87. The van der Waals surface area contributed by atoms with Crippen LogP contribution in [-0.4, -0.2) is 47.3 Å². The number of imidazole rings is 1. The fourth-order valence-electron chi connectivity index (χ4n) is 2.75. The van der Waals surface area contributed by atoms with Crippen molar-refractivity contribution >= 4 is 22.6 Å². The monoisotopic (exact) mass is 436 g/mol. The number of ether oxygens (including phenoxy) is 2. The summed E-state index contributed by atoms with van der Waals surface area (Å²) >= 11 is 0.